The summed E-state index contributed by atoms with van der Waals surface area (Å²) in [4.78, 5) is 48.3. The minimum absolute atomic E-state index is 0.0495. The van der Waals surface area contributed by atoms with Crippen molar-refractivity contribution in [2.75, 3.05) is 0 Å². The van der Waals surface area contributed by atoms with E-state index < -0.39 is 51.3 Å². The van der Waals surface area contributed by atoms with Crippen LogP contribution in [-0.4, -0.2) is 37.4 Å². The minimum atomic E-state index is -1.48. The van der Waals surface area contributed by atoms with Gasteiger partial charge in [-0.25, -0.2) is 0 Å². The van der Waals surface area contributed by atoms with Gasteiger partial charge in [-0.2, -0.15) is 0 Å². The molecule has 0 aliphatic rings. The third-order valence-corrected chi connectivity index (χ3v) is 7.61. The second-order valence-corrected chi connectivity index (χ2v) is 15.4. The van der Waals surface area contributed by atoms with Crippen LogP contribution < -0.4 is 30.3 Å². The Labute approximate surface area is 248 Å². The van der Waals surface area contributed by atoms with Crippen LogP contribution in [0.25, 0.3) is 0 Å². The van der Waals surface area contributed by atoms with Crippen LogP contribution in [0.3, 0.4) is 0 Å². The summed E-state index contributed by atoms with van der Waals surface area (Å²) in [6, 6.07) is 0. The first kappa shape index (κ1) is 36.8. The molecule has 224 valence electrons. The molecule has 0 rings (SSSR count). The van der Waals surface area contributed by atoms with Crippen molar-refractivity contribution in [1.29, 1.82) is 0 Å². The van der Waals surface area contributed by atoms with Crippen molar-refractivity contribution in [3.8, 4) is 0 Å². The Morgan fingerprint density at radius 2 is 1.30 bits per heavy atom. The van der Waals surface area contributed by atoms with Gasteiger partial charge in [0.25, 0.3) is 0 Å². The van der Waals surface area contributed by atoms with Crippen molar-refractivity contribution in [1.82, 2.24) is 8.85 Å². The van der Waals surface area contributed by atoms with Gasteiger partial charge in [0.05, 0.1) is 0 Å². The first-order valence-electron chi connectivity index (χ1n) is 12.7. The average molecular weight is 672 g/mol. The fourth-order valence-corrected chi connectivity index (χ4v) is 3.93. The van der Waals surface area contributed by atoms with Crippen LogP contribution in [0.1, 0.15) is 82.1 Å². The van der Waals surface area contributed by atoms with Crippen molar-refractivity contribution >= 4 is 23.8 Å². The van der Waals surface area contributed by atoms with E-state index in [-0.39, 0.29) is 26.7 Å². The normalized spacial score (nSPS) is 14.7. The van der Waals surface area contributed by atoms with Crippen molar-refractivity contribution in [2.24, 2.45) is 5.41 Å². The van der Waals surface area contributed by atoms with Crippen LogP contribution in [0.4, 0.5) is 0 Å². The molecule has 0 saturated carbocycles. The van der Waals surface area contributed by atoms with Gasteiger partial charge in [0.15, 0.2) is 0 Å². The molecule has 2 amide bonds. The predicted molar refractivity (Wildman–Crippen MR) is 152 cm³/mol. The van der Waals surface area contributed by atoms with E-state index in [1.165, 1.54) is 11.6 Å². The molecule has 0 atom stereocenters. The van der Waals surface area contributed by atoms with E-state index in [1.54, 1.807) is 26.0 Å². The molecule has 0 spiro atoms. The summed E-state index contributed by atoms with van der Waals surface area (Å²) in [5.74, 6) is -2.62. The molecule has 0 aromatic carbocycles. The number of carbonyl (C=O) groups excluding carboxylic acids is 2. The van der Waals surface area contributed by atoms with Gasteiger partial charge < -0.3 is 0 Å². The number of carboxylic acid groups (broad SMARTS) is 2. The molecule has 0 aromatic rings. The number of hydrogen-bond donors (Lipinski definition) is 4. The topological polar surface area (TPSA) is 142 Å². The number of rotatable bonds is 13. The van der Waals surface area contributed by atoms with Gasteiger partial charge in [0, 0.05) is 0 Å². The zero-order chi connectivity index (χ0) is 31.3. The molecule has 0 aliphatic carbocycles. The molecule has 0 saturated heterocycles. The van der Waals surface area contributed by atoms with Crippen LogP contribution >= 0.6 is 0 Å². The second-order valence-electron chi connectivity index (χ2n) is 11.1. The summed E-state index contributed by atoms with van der Waals surface area (Å²) in [6.07, 6.45) is 8.44. The van der Waals surface area contributed by atoms with Crippen molar-refractivity contribution in [3.05, 3.63) is 70.4 Å². The molecule has 0 radical (unpaired) electrons. The Balaban J connectivity index is 5.86. The van der Waals surface area contributed by atoms with Crippen molar-refractivity contribution in [3.63, 3.8) is 0 Å². The molecule has 0 aliphatic heterocycles. The zero-order valence-electron chi connectivity index (χ0n) is 25.2. The second kappa shape index (κ2) is 16.8. The maximum absolute atomic E-state index is 13.1. The number of hydrogen-bond acceptors (Lipinski definition) is 5. The third kappa shape index (κ3) is 16.7. The van der Waals surface area contributed by atoms with E-state index in [0.717, 1.165) is 6.08 Å². The molecule has 4 N–H and O–H groups in total. The van der Waals surface area contributed by atoms with Crippen LogP contribution in [0.5, 0.6) is 0 Å². The number of alkyl halides is 1. The summed E-state index contributed by atoms with van der Waals surface area (Å²) in [5.41, 5.74) is 0.831. The monoisotopic (exact) mass is 671 g/mol. The van der Waals surface area contributed by atoms with Crippen molar-refractivity contribution in [2.45, 2.75) is 85.5 Å². The molecule has 10 heteroatoms. The predicted octanol–water partition coefficient (Wildman–Crippen LogP) is 2.54. The Morgan fingerprint density at radius 3 is 1.77 bits per heavy atom. The van der Waals surface area contributed by atoms with Crippen LogP contribution in [0, 0.1) is 5.41 Å². The SMILES string of the molecule is C/C(=C\C=C(/C)O/C(C)=C/C=C(\C)C(C)(C)C)NC(=O)C(=C/CC(=O)N[I-]C(C)(C)C)/C(=C\CC(=O)O)C(=O)O. The number of amides is 2. The first-order valence-corrected chi connectivity index (χ1v) is 14.9. The fourth-order valence-electron chi connectivity index (χ4n) is 2.60. The quantitative estimate of drug-likeness (QED) is 0.0589. The standard InChI is InChI=1S/C30H44IN2O7/c1-19(29(5,6)7)11-13-21(3)40-22(4)14-12-20(2)32-27(37)23(24(28(38)39)16-18-26(35)36)15-17-25(34)33-31-30(8,9)10/h11-16H,17-18H2,1-10H3,(H,32,37)(H,33,34)(H,35,36)(H,38,39)/q-1/b19-11+,20-12+,21-13+,22-14+,23-15+,24-16+. The van der Waals surface area contributed by atoms with Gasteiger partial charge in [-0.3, -0.25) is 0 Å². The third-order valence-electron chi connectivity index (χ3n) is 5.13. The summed E-state index contributed by atoms with van der Waals surface area (Å²) in [6.45, 7) is 19.6. The summed E-state index contributed by atoms with van der Waals surface area (Å²) >= 11 is -0.668. The number of carboxylic acids is 2. The molecule has 0 heterocycles. The van der Waals surface area contributed by atoms with E-state index in [0.29, 0.717) is 17.2 Å². The van der Waals surface area contributed by atoms with Gasteiger partial charge in [-0.1, -0.05) is 32.4 Å². The zero-order valence-corrected chi connectivity index (χ0v) is 27.3. The fraction of sp³-hybridized carbons (Fsp3) is 0.467. The molecule has 0 fully saturated rings. The Morgan fingerprint density at radius 1 is 0.775 bits per heavy atom. The Kier molecular flexibility index (Phi) is 15.5. The molecular weight excluding hydrogens is 627 g/mol. The first-order chi connectivity index (χ1) is 18.2. The van der Waals surface area contributed by atoms with E-state index in [1.807, 2.05) is 39.8 Å². The van der Waals surface area contributed by atoms with E-state index in [2.05, 4.69) is 36.5 Å². The molecule has 0 unspecified atom stereocenters. The number of allylic oxidation sites excluding steroid dienone is 8. The molecular formula is C30H44IN2O7-. The van der Waals surface area contributed by atoms with Gasteiger partial charge in [-0.05, 0) is 25.3 Å². The van der Waals surface area contributed by atoms with Crippen LogP contribution in [0.15, 0.2) is 70.4 Å². The number of aliphatic carboxylic acids is 2. The Hall–Kier alpha value is -3.15. The molecule has 9 nitrogen and oxygen atoms in total. The Bertz CT molecular complexity index is 1140. The van der Waals surface area contributed by atoms with Gasteiger partial charge in [0.2, 0.25) is 0 Å². The van der Waals surface area contributed by atoms with E-state index in [9.17, 15) is 24.3 Å². The summed E-state index contributed by atoms with van der Waals surface area (Å²) in [5, 5.41) is 21.3. The van der Waals surface area contributed by atoms with Crippen molar-refractivity contribution < 1.29 is 55.6 Å². The number of ether oxygens (including phenoxy) is 1. The van der Waals surface area contributed by atoms with E-state index in [4.69, 9.17) is 9.84 Å². The molecule has 40 heavy (non-hydrogen) atoms. The number of halogens is 1. The van der Waals surface area contributed by atoms with E-state index >= 15 is 0 Å². The van der Waals surface area contributed by atoms with Gasteiger partial charge >= 0.3 is 186 Å². The van der Waals surface area contributed by atoms with Crippen LogP contribution in [0.2, 0.25) is 0 Å². The average Bonchev–Trinajstić information content (AvgIpc) is 2.80. The molecule has 0 bridgehead atoms. The number of carbonyl (C=O) groups is 4. The maximum atomic E-state index is 13.1. The summed E-state index contributed by atoms with van der Waals surface area (Å²) < 4.78 is 8.56. The van der Waals surface area contributed by atoms with Crippen LogP contribution in [-0.2, 0) is 23.9 Å². The molecule has 0 aromatic heterocycles. The number of nitrogens with one attached hydrogen (secondary N) is 2. The van der Waals surface area contributed by atoms with Gasteiger partial charge in [-0.15, -0.1) is 0 Å². The van der Waals surface area contributed by atoms with Gasteiger partial charge in [0.1, 0.15) is 5.76 Å². The summed E-state index contributed by atoms with van der Waals surface area (Å²) in [7, 11) is 0.